The van der Waals surface area contributed by atoms with Crippen molar-refractivity contribution in [3.05, 3.63) is 12.5 Å². The zero-order valence-corrected chi connectivity index (χ0v) is 13.0. The molecule has 0 saturated carbocycles. The Balaban J connectivity index is 1.65. The number of nitrogens with one attached hydrogen (secondary N) is 2. The number of hydrogen-bond donors (Lipinski definition) is 2. The van der Waals surface area contributed by atoms with Crippen LogP contribution in [0.25, 0.3) is 11.0 Å². The quantitative estimate of drug-likeness (QED) is 0.872. The van der Waals surface area contributed by atoms with Crippen molar-refractivity contribution in [2.45, 2.75) is 38.8 Å². The first-order chi connectivity index (χ1) is 10.4. The van der Waals surface area contributed by atoms with E-state index in [1.807, 2.05) is 20.8 Å². The third-order valence-electron chi connectivity index (χ3n) is 3.44. The molecule has 0 aromatic carbocycles. The molecule has 22 heavy (non-hydrogen) atoms. The van der Waals surface area contributed by atoms with Crippen molar-refractivity contribution in [1.82, 2.24) is 25.5 Å². The van der Waals surface area contributed by atoms with Gasteiger partial charge in [-0.15, -0.1) is 0 Å². The van der Waals surface area contributed by atoms with Crippen LogP contribution in [-0.4, -0.2) is 51.0 Å². The van der Waals surface area contributed by atoms with Gasteiger partial charge in [-0.3, -0.25) is 5.10 Å². The van der Waals surface area contributed by atoms with Gasteiger partial charge in [0.25, 0.3) is 0 Å². The van der Waals surface area contributed by atoms with Crippen molar-refractivity contribution in [3.8, 4) is 0 Å². The van der Waals surface area contributed by atoms with Gasteiger partial charge in [0.1, 0.15) is 17.7 Å². The lowest BCUT2D eigenvalue weighted by Gasteiger charge is -2.22. The number of carbonyl (C=O) groups excluding carboxylic acids is 1. The van der Waals surface area contributed by atoms with E-state index in [1.54, 1.807) is 6.20 Å². The predicted octanol–water partition coefficient (Wildman–Crippen LogP) is 1.46. The second-order valence-corrected chi connectivity index (χ2v) is 6.41. The van der Waals surface area contributed by atoms with Crippen molar-refractivity contribution in [1.29, 1.82) is 0 Å². The summed E-state index contributed by atoms with van der Waals surface area (Å²) in [4.78, 5) is 22.4. The Morgan fingerprint density at radius 2 is 2.27 bits per heavy atom. The van der Waals surface area contributed by atoms with Gasteiger partial charge < -0.3 is 15.0 Å². The van der Waals surface area contributed by atoms with Crippen LogP contribution in [0.15, 0.2) is 12.5 Å². The normalized spacial score (nSPS) is 18.7. The molecule has 1 aliphatic heterocycles. The predicted molar refractivity (Wildman–Crippen MR) is 81.7 cm³/mol. The molecule has 0 spiro atoms. The molecular formula is C14H20N6O2. The Bertz CT molecular complexity index is 677. The first-order valence-corrected chi connectivity index (χ1v) is 7.31. The van der Waals surface area contributed by atoms with Gasteiger partial charge in [0.2, 0.25) is 0 Å². The van der Waals surface area contributed by atoms with Crippen LogP contribution in [0, 0.1) is 0 Å². The first-order valence-electron chi connectivity index (χ1n) is 7.31. The van der Waals surface area contributed by atoms with Gasteiger partial charge in [-0.2, -0.15) is 5.10 Å². The van der Waals surface area contributed by atoms with Gasteiger partial charge in [0, 0.05) is 13.1 Å². The van der Waals surface area contributed by atoms with Crippen LogP contribution in [0.5, 0.6) is 0 Å². The zero-order chi connectivity index (χ0) is 15.7. The summed E-state index contributed by atoms with van der Waals surface area (Å²) in [5.41, 5.74) is 0.228. The van der Waals surface area contributed by atoms with Gasteiger partial charge in [0.15, 0.2) is 5.65 Å². The number of rotatable bonds is 2. The molecule has 8 heteroatoms. The number of amides is 1. The van der Waals surface area contributed by atoms with E-state index in [-0.39, 0.29) is 12.1 Å². The molecule has 0 aliphatic carbocycles. The van der Waals surface area contributed by atoms with E-state index < -0.39 is 5.60 Å². The smallest absolute Gasteiger partial charge is 0.407 e. The summed E-state index contributed by atoms with van der Waals surface area (Å²) >= 11 is 0. The molecule has 2 N–H and O–H groups in total. The summed E-state index contributed by atoms with van der Waals surface area (Å²) in [7, 11) is 0. The number of aromatic amines is 1. The van der Waals surface area contributed by atoms with Gasteiger partial charge in [0.05, 0.1) is 17.6 Å². The van der Waals surface area contributed by atoms with E-state index >= 15 is 0 Å². The molecule has 1 atom stereocenters. The molecule has 0 radical (unpaired) electrons. The minimum absolute atomic E-state index is 0.0479. The number of ether oxygens (including phenoxy) is 1. The largest absolute Gasteiger partial charge is 0.444 e. The van der Waals surface area contributed by atoms with Crippen molar-refractivity contribution in [3.63, 3.8) is 0 Å². The number of H-pyrrole nitrogens is 1. The summed E-state index contributed by atoms with van der Waals surface area (Å²) in [6, 6.07) is 0.0479. The van der Waals surface area contributed by atoms with Gasteiger partial charge in [-0.25, -0.2) is 14.8 Å². The highest BCUT2D eigenvalue weighted by atomic mass is 16.6. The number of nitrogens with zero attached hydrogens (tertiary/aromatic N) is 4. The van der Waals surface area contributed by atoms with Crippen molar-refractivity contribution >= 4 is 22.9 Å². The molecule has 1 aliphatic rings. The lowest BCUT2D eigenvalue weighted by molar-refractivity contribution is 0.0509. The molecule has 0 bridgehead atoms. The lowest BCUT2D eigenvalue weighted by Crippen LogP contribution is -2.40. The number of aromatic nitrogens is 4. The topological polar surface area (TPSA) is 96.0 Å². The van der Waals surface area contributed by atoms with E-state index in [9.17, 15) is 4.79 Å². The summed E-state index contributed by atoms with van der Waals surface area (Å²) in [6.07, 6.45) is 3.71. The minimum atomic E-state index is -0.488. The summed E-state index contributed by atoms with van der Waals surface area (Å²) in [6.45, 7) is 7.06. The minimum Gasteiger partial charge on any atom is -0.444 e. The van der Waals surface area contributed by atoms with Gasteiger partial charge in [-0.05, 0) is 27.2 Å². The maximum Gasteiger partial charge on any atom is 0.407 e. The SMILES string of the molecule is CC(C)(C)OC(=O)NC1CCN(c2ncnc3[nH]ncc23)C1. The molecule has 8 nitrogen and oxygen atoms in total. The Labute approximate surface area is 128 Å². The van der Waals surface area contributed by atoms with Gasteiger partial charge in [-0.1, -0.05) is 0 Å². The molecule has 2 aromatic heterocycles. The van der Waals surface area contributed by atoms with E-state index in [2.05, 4.69) is 30.4 Å². The average molecular weight is 304 g/mol. The van der Waals surface area contributed by atoms with Crippen molar-refractivity contribution < 1.29 is 9.53 Å². The molecule has 118 valence electrons. The van der Waals surface area contributed by atoms with Crippen molar-refractivity contribution in [2.24, 2.45) is 0 Å². The molecular weight excluding hydrogens is 284 g/mol. The number of anilines is 1. The molecule has 1 fully saturated rings. The first kappa shape index (κ1) is 14.6. The fraction of sp³-hybridized carbons (Fsp3) is 0.571. The maximum absolute atomic E-state index is 11.8. The van der Waals surface area contributed by atoms with Crippen LogP contribution in [0.3, 0.4) is 0 Å². The Morgan fingerprint density at radius 3 is 3.05 bits per heavy atom. The fourth-order valence-corrected chi connectivity index (χ4v) is 2.55. The zero-order valence-electron chi connectivity index (χ0n) is 13.0. The third-order valence-corrected chi connectivity index (χ3v) is 3.44. The average Bonchev–Trinajstić information content (AvgIpc) is 3.04. The third kappa shape index (κ3) is 3.10. The van der Waals surface area contributed by atoms with E-state index in [4.69, 9.17) is 4.74 Å². The second kappa shape index (κ2) is 5.43. The monoisotopic (exact) mass is 304 g/mol. The number of carbonyl (C=O) groups is 1. The van der Waals surface area contributed by atoms with Crippen LogP contribution < -0.4 is 10.2 Å². The van der Waals surface area contributed by atoms with Crippen LogP contribution in [-0.2, 0) is 4.74 Å². The van der Waals surface area contributed by atoms with Crippen LogP contribution >= 0.6 is 0 Å². The molecule has 3 rings (SSSR count). The fourth-order valence-electron chi connectivity index (χ4n) is 2.55. The molecule has 1 unspecified atom stereocenters. The second-order valence-electron chi connectivity index (χ2n) is 6.41. The van der Waals surface area contributed by atoms with Crippen LogP contribution in [0.1, 0.15) is 27.2 Å². The highest BCUT2D eigenvalue weighted by Gasteiger charge is 2.28. The molecule has 1 amide bonds. The van der Waals surface area contributed by atoms with Gasteiger partial charge >= 0.3 is 6.09 Å². The molecule has 1 saturated heterocycles. The summed E-state index contributed by atoms with van der Waals surface area (Å²) in [5, 5.41) is 10.6. The highest BCUT2D eigenvalue weighted by molar-refractivity contribution is 5.86. The number of alkyl carbamates (subject to hydrolysis) is 1. The lowest BCUT2D eigenvalue weighted by atomic mass is 10.2. The Morgan fingerprint density at radius 1 is 1.45 bits per heavy atom. The van der Waals surface area contributed by atoms with E-state index in [1.165, 1.54) is 6.33 Å². The number of fused-ring (bicyclic) bond motifs is 1. The Kier molecular flexibility index (Phi) is 3.59. The standard InChI is InChI=1S/C14H20N6O2/c1-14(2,3)22-13(21)18-9-4-5-20(7-9)12-10-6-17-19-11(10)15-8-16-12/h6,8-9H,4-5,7H2,1-3H3,(H,18,21)(H,15,16,17,19). The maximum atomic E-state index is 11.8. The Hall–Kier alpha value is -2.38. The number of hydrogen-bond acceptors (Lipinski definition) is 6. The summed E-state index contributed by atoms with van der Waals surface area (Å²) < 4.78 is 5.29. The molecule has 2 aromatic rings. The molecule has 3 heterocycles. The summed E-state index contributed by atoms with van der Waals surface area (Å²) in [5.74, 6) is 0.840. The van der Waals surface area contributed by atoms with Crippen LogP contribution in [0.2, 0.25) is 0 Å². The highest BCUT2D eigenvalue weighted by Crippen LogP contribution is 2.24. The van der Waals surface area contributed by atoms with E-state index in [0.717, 1.165) is 24.2 Å². The van der Waals surface area contributed by atoms with Crippen LogP contribution in [0.4, 0.5) is 10.6 Å². The van der Waals surface area contributed by atoms with Crippen molar-refractivity contribution in [2.75, 3.05) is 18.0 Å². The van der Waals surface area contributed by atoms with E-state index in [0.29, 0.717) is 12.2 Å².